The Morgan fingerprint density at radius 1 is 1.05 bits per heavy atom. The van der Waals surface area contributed by atoms with Crippen molar-refractivity contribution in [3.8, 4) is 0 Å². The topological polar surface area (TPSA) is 142 Å². The van der Waals surface area contributed by atoms with Gasteiger partial charge in [-0.25, -0.2) is 14.6 Å². The zero-order valence-corrected chi connectivity index (χ0v) is 10.5. The number of hydrogen-bond acceptors (Lipinski definition) is 5. The van der Waals surface area contributed by atoms with Gasteiger partial charge in [0.2, 0.25) is 0 Å². The van der Waals surface area contributed by atoms with E-state index in [1.54, 1.807) is 0 Å². The van der Waals surface area contributed by atoms with Crippen LogP contribution in [0.3, 0.4) is 0 Å². The standard InChI is InChI=1S/C11H7NO7S/c13-10(14)7-5-3-1-2-4-6(5)12-8(11(15)16)9(7)20(17,18)19/h1-4H,(H,13,14)(H,15,16)(H,17,18,19). The van der Waals surface area contributed by atoms with Gasteiger partial charge in [-0.05, 0) is 6.07 Å². The van der Waals surface area contributed by atoms with Gasteiger partial charge >= 0.3 is 11.9 Å². The maximum atomic E-state index is 11.3. The van der Waals surface area contributed by atoms with Crippen molar-refractivity contribution in [1.29, 1.82) is 0 Å². The van der Waals surface area contributed by atoms with Crippen molar-refractivity contribution in [1.82, 2.24) is 4.98 Å². The van der Waals surface area contributed by atoms with Crippen LogP contribution in [0.15, 0.2) is 29.2 Å². The molecule has 2 rings (SSSR count). The second kappa shape index (κ2) is 4.54. The predicted molar refractivity (Wildman–Crippen MR) is 65.5 cm³/mol. The number of pyridine rings is 1. The van der Waals surface area contributed by atoms with E-state index in [0.717, 1.165) is 0 Å². The molecule has 20 heavy (non-hydrogen) atoms. The summed E-state index contributed by atoms with van der Waals surface area (Å²) in [6.07, 6.45) is 0. The van der Waals surface area contributed by atoms with E-state index < -0.39 is 38.2 Å². The average molecular weight is 297 g/mol. The summed E-state index contributed by atoms with van der Waals surface area (Å²) in [5.41, 5.74) is -1.87. The second-order valence-corrected chi connectivity index (χ2v) is 5.13. The molecule has 1 aromatic heterocycles. The molecule has 1 aromatic carbocycles. The van der Waals surface area contributed by atoms with Gasteiger partial charge in [-0.3, -0.25) is 4.55 Å². The van der Waals surface area contributed by atoms with Crippen LogP contribution in [0.4, 0.5) is 0 Å². The minimum Gasteiger partial charge on any atom is -0.478 e. The largest absolute Gasteiger partial charge is 0.478 e. The van der Waals surface area contributed by atoms with E-state index in [0.29, 0.717) is 0 Å². The normalized spacial score (nSPS) is 11.4. The molecule has 0 saturated heterocycles. The van der Waals surface area contributed by atoms with Crippen molar-refractivity contribution in [2.75, 3.05) is 0 Å². The van der Waals surface area contributed by atoms with Crippen LogP contribution in [0.1, 0.15) is 20.8 Å². The van der Waals surface area contributed by atoms with Crippen molar-refractivity contribution in [3.05, 3.63) is 35.5 Å². The first-order chi connectivity index (χ1) is 9.23. The predicted octanol–water partition coefficient (Wildman–Crippen LogP) is 0.878. The summed E-state index contributed by atoms with van der Waals surface area (Å²) in [6.45, 7) is 0. The molecule has 104 valence electrons. The summed E-state index contributed by atoms with van der Waals surface area (Å²) < 4.78 is 31.7. The third kappa shape index (κ3) is 2.19. The highest BCUT2D eigenvalue weighted by atomic mass is 32.2. The molecule has 0 bridgehead atoms. The summed E-state index contributed by atoms with van der Waals surface area (Å²) in [6, 6.07) is 5.53. The van der Waals surface area contributed by atoms with Gasteiger partial charge in [0.1, 0.15) is 4.90 Å². The zero-order chi connectivity index (χ0) is 15.1. The Kier molecular flexibility index (Phi) is 3.16. The molecule has 1 heterocycles. The van der Waals surface area contributed by atoms with E-state index in [4.69, 9.17) is 14.8 Å². The molecule has 3 N–H and O–H groups in total. The molecular formula is C11H7NO7S. The number of nitrogens with zero attached hydrogens (tertiary/aromatic N) is 1. The van der Waals surface area contributed by atoms with Crippen molar-refractivity contribution >= 4 is 33.0 Å². The molecule has 0 aliphatic rings. The molecule has 0 spiro atoms. The average Bonchev–Trinajstić information content (AvgIpc) is 2.34. The fourth-order valence-corrected chi connectivity index (χ4v) is 2.64. The number of carboxylic acid groups (broad SMARTS) is 2. The van der Waals surface area contributed by atoms with Crippen LogP contribution in [0.2, 0.25) is 0 Å². The number of rotatable bonds is 3. The highest BCUT2D eigenvalue weighted by Gasteiger charge is 2.31. The molecule has 0 unspecified atom stereocenters. The lowest BCUT2D eigenvalue weighted by Crippen LogP contribution is -2.17. The maximum Gasteiger partial charge on any atom is 0.356 e. The lowest BCUT2D eigenvalue weighted by molar-refractivity contribution is 0.0684. The van der Waals surface area contributed by atoms with E-state index in [1.165, 1.54) is 24.3 Å². The van der Waals surface area contributed by atoms with Crippen LogP contribution >= 0.6 is 0 Å². The first-order valence-electron chi connectivity index (χ1n) is 5.10. The Labute approximate surface area is 112 Å². The Morgan fingerprint density at radius 3 is 2.15 bits per heavy atom. The summed E-state index contributed by atoms with van der Waals surface area (Å²) >= 11 is 0. The van der Waals surface area contributed by atoms with Gasteiger partial charge in [-0.1, -0.05) is 18.2 Å². The van der Waals surface area contributed by atoms with Gasteiger partial charge in [0, 0.05) is 5.39 Å². The van der Waals surface area contributed by atoms with Crippen molar-refractivity contribution in [3.63, 3.8) is 0 Å². The molecule has 0 aliphatic heterocycles. The number of para-hydroxylation sites is 1. The van der Waals surface area contributed by atoms with Crippen LogP contribution in [0, 0.1) is 0 Å². The lowest BCUT2D eigenvalue weighted by Gasteiger charge is -2.09. The van der Waals surface area contributed by atoms with Crippen LogP contribution in [0.25, 0.3) is 10.9 Å². The van der Waals surface area contributed by atoms with Crippen molar-refractivity contribution in [2.24, 2.45) is 0 Å². The van der Waals surface area contributed by atoms with E-state index in [9.17, 15) is 18.0 Å². The van der Waals surface area contributed by atoms with Gasteiger partial charge in [-0.2, -0.15) is 8.42 Å². The zero-order valence-electron chi connectivity index (χ0n) is 9.64. The molecule has 0 atom stereocenters. The smallest absolute Gasteiger partial charge is 0.356 e. The fraction of sp³-hybridized carbons (Fsp3) is 0. The molecule has 0 amide bonds. The third-order valence-electron chi connectivity index (χ3n) is 2.52. The number of benzene rings is 1. The number of aromatic nitrogens is 1. The molecule has 0 fully saturated rings. The van der Waals surface area contributed by atoms with Crippen LogP contribution in [-0.2, 0) is 10.1 Å². The van der Waals surface area contributed by atoms with Crippen LogP contribution < -0.4 is 0 Å². The van der Waals surface area contributed by atoms with Gasteiger partial charge in [0.05, 0.1) is 11.1 Å². The number of aromatic carboxylic acids is 2. The monoisotopic (exact) mass is 297 g/mol. The number of hydrogen-bond donors (Lipinski definition) is 3. The second-order valence-electron chi connectivity index (χ2n) is 3.77. The molecule has 0 saturated carbocycles. The summed E-state index contributed by atoms with van der Waals surface area (Å²) in [5.74, 6) is -3.44. The van der Waals surface area contributed by atoms with Gasteiger partial charge < -0.3 is 10.2 Å². The Hall–Kier alpha value is -2.52. The molecule has 2 aromatic rings. The molecule has 8 nitrogen and oxygen atoms in total. The lowest BCUT2D eigenvalue weighted by atomic mass is 10.1. The van der Waals surface area contributed by atoms with Gasteiger partial charge in [-0.15, -0.1) is 0 Å². The Bertz CT molecular complexity index is 841. The first kappa shape index (κ1) is 13.9. The third-order valence-corrected chi connectivity index (χ3v) is 3.44. The molecular weight excluding hydrogens is 290 g/mol. The summed E-state index contributed by atoms with van der Waals surface area (Å²) in [5, 5.41) is 18.0. The highest BCUT2D eigenvalue weighted by Crippen LogP contribution is 2.27. The maximum absolute atomic E-state index is 11.3. The Balaban J connectivity index is 3.14. The van der Waals surface area contributed by atoms with E-state index >= 15 is 0 Å². The molecule has 9 heteroatoms. The quantitative estimate of drug-likeness (QED) is 0.708. The summed E-state index contributed by atoms with van der Waals surface area (Å²) in [4.78, 5) is 24.7. The number of fused-ring (bicyclic) bond motifs is 1. The number of carboxylic acids is 2. The van der Waals surface area contributed by atoms with Crippen LogP contribution in [0.5, 0.6) is 0 Å². The minimum atomic E-state index is -5.07. The SMILES string of the molecule is O=C(O)c1nc2ccccc2c(C(=O)O)c1S(=O)(=O)O. The Morgan fingerprint density at radius 2 is 1.65 bits per heavy atom. The van der Waals surface area contributed by atoms with E-state index in [-0.39, 0.29) is 10.9 Å². The van der Waals surface area contributed by atoms with Crippen LogP contribution in [-0.4, -0.2) is 40.1 Å². The fourth-order valence-electron chi connectivity index (χ4n) is 1.80. The highest BCUT2D eigenvalue weighted by molar-refractivity contribution is 7.86. The van der Waals surface area contributed by atoms with Gasteiger partial charge in [0.15, 0.2) is 5.69 Å². The van der Waals surface area contributed by atoms with Crippen molar-refractivity contribution in [2.45, 2.75) is 4.90 Å². The van der Waals surface area contributed by atoms with Crippen molar-refractivity contribution < 1.29 is 32.8 Å². The minimum absolute atomic E-state index is 0.00491. The number of carbonyl (C=O) groups is 2. The van der Waals surface area contributed by atoms with E-state index in [2.05, 4.69) is 4.98 Å². The molecule has 0 radical (unpaired) electrons. The van der Waals surface area contributed by atoms with E-state index in [1.807, 2.05) is 0 Å². The first-order valence-corrected chi connectivity index (χ1v) is 6.54. The van der Waals surface area contributed by atoms with Gasteiger partial charge in [0.25, 0.3) is 10.1 Å². The summed E-state index contributed by atoms with van der Waals surface area (Å²) in [7, 11) is -5.07. The molecule has 0 aliphatic carbocycles.